The van der Waals surface area contributed by atoms with Gasteiger partial charge in [-0.15, -0.1) is 0 Å². The van der Waals surface area contributed by atoms with Crippen molar-refractivity contribution < 1.29 is 14.3 Å². The number of amides is 2. The summed E-state index contributed by atoms with van der Waals surface area (Å²) >= 11 is 0. The molecule has 1 aliphatic heterocycles. The SMILES string of the molecule is NC(=O)OC(=O)N1CCn2nccc2C1. The summed E-state index contributed by atoms with van der Waals surface area (Å²) in [6, 6.07) is 1.81. The third kappa shape index (κ3) is 1.90. The van der Waals surface area contributed by atoms with Crippen LogP contribution in [0.4, 0.5) is 9.59 Å². The summed E-state index contributed by atoms with van der Waals surface area (Å²) in [7, 11) is 0. The molecule has 0 unspecified atom stereocenters. The van der Waals surface area contributed by atoms with E-state index < -0.39 is 12.2 Å². The lowest BCUT2D eigenvalue weighted by Gasteiger charge is -2.26. The Bertz CT molecular complexity index is 400. The standard InChI is InChI=1S/C8H10N4O3/c9-7(13)15-8(14)11-3-4-12-6(5-11)1-2-10-12/h1-2H,3-5H2,(H2,9,13). The lowest BCUT2D eigenvalue weighted by molar-refractivity contribution is 0.112. The molecule has 0 spiro atoms. The van der Waals surface area contributed by atoms with E-state index in [4.69, 9.17) is 5.73 Å². The van der Waals surface area contributed by atoms with E-state index in [0.29, 0.717) is 19.6 Å². The normalized spacial score (nSPS) is 14.5. The molecule has 1 aliphatic rings. The van der Waals surface area contributed by atoms with Crippen LogP contribution < -0.4 is 5.73 Å². The highest BCUT2D eigenvalue weighted by Crippen LogP contribution is 2.11. The van der Waals surface area contributed by atoms with Gasteiger partial charge in [0.1, 0.15) is 0 Å². The Morgan fingerprint density at radius 3 is 3.00 bits per heavy atom. The first kappa shape index (κ1) is 9.50. The molecule has 2 heterocycles. The van der Waals surface area contributed by atoms with Crippen molar-refractivity contribution in [3.05, 3.63) is 18.0 Å². The average Bonchev–Trinajstić information content (AvgIpc) is 2.62. The van der Waals surface area contributed by atoms with Gasteiger partial charge in [0, 0.05) is 12.7 Å². The summed E-state index contributed by atoms with van der Waals surface area (Å²) in [4.78, 5) is 23.1. The van der Waals surface area contributed by atoms with Crippen LogP contribution in [0.2, 0.25) is 0 Å². The Kier molecular flexibility index (Phi) is 2.28. The number of nitrogens with zero attached hydrogens (tertiary/aromatic N) is 3. The molecule has 2 amide bonds. The van der Waals surface area contributed by atoms with Crippen LogP contribution in [0, 0.1) is 0 Å². The summed E-state index contributed by atoms with van der Waals surface area (Å²) in [5, 5.41) is 4.06. The maximum Gasteiger partial charge on any atom is 0.419 e. The molecule has 2 rings (SSSR count). The summed E-state index contributed by atoms with van der Waals surface area (Å²) in [5.74, 6) is 0. The predicted octanol–water partition coefficient (Wildman–Crippen LogP) is -0.0860. The summed E-state index contributed by atoms with van der Waals surface area (Å²) in [5.41, 5.74) is 5.65. The van der Waals surface area contributed by atoms with E-state index in [9.17, 15) is 9.59 Å². The van der Waals surface area contributed by atoms with Gasteiger partial charge in [-0.3, -0.25) is 4.68 Å². The molecule has 0 radical (unpaired) electrons. The van der Waals surface area contributed by atoms with Crippen molar-refractivity contribution in [1.82, 2.24) is 14.7 Å². The zero-order valence-electron chi connectivity index (χ0n) is 7.92. The second kappa shape index (κ2) is 3.60. The number of ether oxygens (including phenoxy) is 1. The first-order valence-electron chi connectivity index (χ1n) is 4.43. The fourth-order valence-electron chi connectivity index (χ4n) is 1.49. The van der Waals surface area contributed by atoms with Gasteiger partial charge in [0.05, 0.1) is 18.8 Å². The Morgan fingerprint density at radius 2 is 2.27 bits per heavy atom. The molecule has 2 N–H and O–H groups in total. The number of nitrogens with two attached hydrogens (primary N) is 1. The zero-order chi connectivity index (χ0) is 10.8. The molecule has 80 valence electrons. The van der Waals surface area contributed by atoms with Crippen molar-refractivity contribution in [3.63, 3.8) is 0 Å². The van der Waals surface area contributed by atoms with Crippen LogP contribution in [-0.4, -0.2) is 33.4 Å². The first-order chi connectivity index (χ1) is 7.16. The zero-order valence-corrected chi connectivity index (χ0v) is 7.92. The summed E-state index contributed by atoms with van der Waals surface area (Å²) < 4.78 is 6.08. The summed E-state index contributed by atoms with van der Waals surface area (Å²) in [6.07, 6.45) is -0.132. The first-order valence-corrected chi connectivity index (χ1v) is 4.43. The molecule has 0 fully saturated rings. The molecule has 0 aromatic carbocycles. The molecule has 15 heavy (non-hydrogen) atoms. The molecule has 7 heteroatoms. The van der Waals surface area contributed by atoms with Gasteiger partial charge < -0.3 is 15.4 Å². The number of fused-ring (bicyclic) bond motifs is 1. The van der Waals surface area contributed by atoms with Crippen molar-refractivity contribution in [2.75, 3.05) is 6.54 Å². The van der Waals surface area contributed by atoms with Crippen LogP contribution in [0.25, 0.3) is 0 Å². The number of carbonyl (C=O) groups excluding carboxylic acids is 2. The third-order valence-electron chi connectivity index (χ3n) is 2.19. The topological polar surface area (TPSA) is 90.5 Å². The maximum atomic E-state index is 11.3. The van der Waals surface area contributed by atoms with Gasteiger partial charge in [-0.25, -0.2) is 9.59 Å². The van der Waals surface area contributed by atoms with E-state index in [2.05, 4.69) is 9.84 Å². The van der Waals surface area contributed by atoms with Crippen LogP contribution in [0.15, 0.2) is 12.3 Å². The van der Waals surface area contributed by atoms with E-state index in [0.717, 1.165) is 5.69 Å². The van der Waals surface area contributed by atoms with E-state index in [-0.39, 0.29) is 0 Å². The van der Waals surface area contributed by atoms with Crippen LogP contribution >= 0.6 is 0 Å². The molecular formula is C8H10N4O3. The molecular weight excluding hydrogens is 200 g/mol. The van der Waals surface area contributed by atoms with Gasteiger partial charge in [-0.2, -0.15) is 5.10 Å². The highest BCUT2D eigenvalue weighted by Gasteiger charge is 2.23. The molecule has 7 nitrogen and oxygen atoms in total. The number of rotatable bonds is 0. The van der Waals surface area contributed by atoms with Crippen LogP contribution in [0.5, 0.6) is 0 Å². The second-order valence-electron chi connectivity index (χ2n) is 3.15. The van der Waals surface area contributed by atoms with Gasteiger partial charge >= 0.3 is 12.2 Å². The molecule has 0 saturated carbocycles. The molecule has 0 atom stereocenters. The highest BCUT2D eigenvalue weighted by molar-refractivity contribution is 5.82. The van der Waals surface area contributed by atoms with Crippen molar-refractivity contribution in [2.24, 2.45) is 5.73 Å². The van der Waals surface area contributed by atoms with Gasteiger partial charge in [0.25, 0.3) is 0 Å². The lowest BCUT2D eigenvalue weighted by Crippen LogP contribution is -2.40. The van der Waals surface area contributed by atoms with Crippen LogP contribution in [0.3, 0.4) is 0 Å². The molecule has 0 saturated heterocycles. The third-order valence-corrected chi connectivity index (χ3v) is 2.19. The fourth-order valence-corrected chi connectivity index (χ4v) is 1.49. The van der Waals surface area contributed by atoms with Crippen molar-refractivity contribution >= 4 is 12.2 Å². The van der Waals surface area contributed by atoms with Gasteiger partial charge in [-0.05, 0) is 6.07 Å². The van der Waals surface area contributed by atoms with E-state index >= 15 is 0 Å². The van der Waals surface area contributed by atoms with Crippen LogP contribution in [0.1, 0.15) is 5.69 Å². The molecule has 1 aromatic heterocycles. The number of hydrogen-bond acceptors (Lipinski definition) is 4. The van der Waals surface area contributed by atoms with Gasteiger partial charge in [-0.1, -0.05) is 0 Å². The largest absolute Gasteiger partial charge is 0.419 e. The Balaban J connectivity index is 2.03. The lowest BCUT2D eigenvalue weighted by atomic mass is 10.3. The van der Waals surface area contributed by atoms with E-state index in [1.165, 1.54) is 4.90 Å². The number of aromatic nitrogens is 2. The van der Waals surface area contributed by atoms with Crippen molar-refractivity contribution in [1.29, 1.82) is 0 Å². The highest BCUT2D eigenvalue weighted by atomic mass is 16.6. The van der Waals surface area contributed by atoms with E-state index in [1.807, 2.05) is 6.07 Å². The molecule has 1 aromatic rings. The monoisotopic (exact) mass is 210 g/mol. The van der Waals surface area contributed by atoms with Gasteiger partial charge in [0.2, 0.25) is 0 Å². The van der Waals surface area contributed by atoms with Crippen LogP contribution in [-0.2, 0) is 17.8 Å². The Morgan fingerprint density at radius 1 is 1.47 bits per heavy atom. The average molecular weight is 210 g/mol. The molecule has 0 bridgehead atoms. The van der Waals surface area contributed by atoms with Crippen molar-refractivity contribution in [2.45, 2.75) is 13.1 Å². The number of primary amides is 1. The van der Waals surface area contributed by atoms with Gasteiger partial charge in [0.15, 0.2) is 0 Å². The second-order valence-corrected chi connectivity index (χ2v) is 3.15. The Hall–Kier alpha value is -2.05. The fraction of sp³-hybridized carbons (Fsp3) is 0.375. The molecule has 0 aliphatic carbocycles. The summed E-state index contributed by atoms with van der Waals surface area (Å²) in [6.45, 7) is 1.43. The maximum absolute atomic E-state index is 11.3. The number of hydrogen-bond donors (Lipinski definition) is 1. The minimum Gasteiger partial charge on any atom is -0.359 e. The smallest absolute Gasteiger partial charge is 0.359 e. The minimum absolute atomic E-state index is 0.381. The Labute approximate surface area is 85.4 Å². The van der Waals surface area contributed by atoms with Crippen molar-refractivity contribution in [3.8, 4) is 0 Å². The minimum atomic E-state index is -1.08. The number of carbonyl (C=O) groups is 2. The predicted molar refractivity (Wildman–Crippen MR) is 48.7 cm³/mol. The van der Waals surface area contributed by atoms with E-state index in [1.54, 1.807) is 10.9 Å². The quantitative estimate of drug-likeness (QED) is 0.606.